The van der Waals surface area contributed by atoms with Crippen LogP contribution >= 0.6 is 0 Å². The minimum atomic E-state index is 0.820. The van der Waals surface area contributed by atoms with Crippen molar-refractivity contribution in [2.45, 2.75) is 72.6 Å². The van der Waals surface area contributed by atoms with Gasteiger partial charge in [0.2, 0.25) is 0 Å². The van der Waals surface area contributed by atoms with Gasteiger partial charge in [0.15, 0.2) is 0 Å². The summed E-state index contributed by atoms with van der Waals surface area (Å²) in [6.07, 6.45) is 13.6. The van der Waals surface area contributed by atoms with Crippen molar-refractivity contribution >= 4 is 0 Å². The maximum Gasteiger partial charge on any atom is 0.0123 e. The van der Waals surface area contributed by atoms with Crippen molar-refractivity contribution in [2.24, 2.45) is 0 Å². The Bertz CT molecular complexity index is 817. The maximum absolute atomic E-state index is 4.26. The number of benzene rings is 1. The summed E-state index contributed by atoms with van der Waals surface area (Å²) in [6, 6.07) is 6.70. The van der Waals surface area contributed by atoms with E-state index < -0.39 is 0 Å². The number of allylic oxidation sites excluding steroid dienone is 8. The fraction of sp³-hybridized carbons (Fsp3) is 0.379. The summed E-state index contributed by atoms with van der Waals surface area (Å²) in [5, 5.41) is 3.45. The van der Waals surface area contributed by atoms with E-state index in [9.17, 15) is 0 Å². The first-order valence-corrected chi connectivity index (χ1v) is 11.1. The molecule has 0 saturated carbocycles. The Morgan fingerprint density at radius 2 is 1.73 bits per heavy atom. The summed E-state index contributed by atoms with van der Waals surface area (Å²) in [5.74, 6) is 0. The number of hydrogen-bond acceptors (Lipinski definition) is 1. The first-order chi connectivity index (χ1) is 14.3. The second-order valence-corrected chi connectivity index (χ2v) is 8.37. The van der Waals surface area contributed by atoms with Gasteiger partial charge < -0.3 is 5.32 Å². The molecule has 1 N–H and O–H groups in total. The normalized spacial score (nSPS) is 11.9. The van der Waals surface area contributed by atoms with Gasteiger partial charge in [-0.25, -0.2) is 0 Å². The highest BCUT2D eigenvalue weighted by atomic mass is 14.9. The van der Waals surface area contributed by atoms with Crippen molar-refractivity contribution in [3.63, 3.8) is 0 Å². The van der Waals surface area contributed by atoms with E-state index in [0.29, 0.717) is 0 Å². The number of rotatable bonds is 14. The second-order valence-electron chi connectivity index (χ2n) is 8.37. The molecule has 30 heavy (non-hydrogen) atoms. The van der Waals surface area contributed by atoms with E-state index in [1.165, 1.54) is 41.5 Å². The van der Waals surface area contributed by atoms with Gasteiger partial charge in [0.25, 0.3) is 0 Å². The molecule has 0 aromatic heterocycles. The molecule has 0 spiro atoms. The molecular weight excluding hydrogens is 362 g/mol. The molecule has 0 unspecified atom stereocenters. The van der Waals surface area contributed by atoms with Gasteiger partial charge in [0.05, 0.1) is 0 Å². The molecule has 1 heteroatoms. The maximum atomic E-state index is 4.26. The van der Waals surface area contributed by atoms with E-state index >= 15 is 0 Å². The van der Waals surface area contributed by atoms with E-state index in [0.717, 1.165) is 48.2 Å². The highest BCUT2D eigenvalue weighted by Gasteiger charge is 2.06. The van der Waals surface area contributed by atoms with Gasteiger partial charge in [-0.2, -0.15) is 0 Å². The quantitative estimate of drug-likeness (QED) is 0.187. The van der Waals surface area contributed by atoms with Crippen LogP contribution in [0.25, 0.3) is 0 Å². The predicted molar refractivity (Wildman–Crippen MR) is 136 cm³/mol. The van der Waals surface area contributed by atoms with Crippen molar-refractivity contribution in [1.29, 1.82) is 0 Å². The van der Waals surface area contributed by atoms with Crippen LogP contribution in [-0.4, -0.2) is 0 Å². The van der Waals surface area contributed by atoms with Gasteiger partial charge in [-0.15, -0.1) is 6.58 Å². The largest absolute Gasteiger partial charge is 0.363 e. The van der Waals surface area contributed by atoms with E-state index in [4.69, 9.17) is 0 Å². The molecule has 1 nitrogen and oxygen atoms in total. The third-order valence-electron chi connectivity index (χ3n) is 5.18. The van der Waals surface area contributed by atoms with Crippen LogP contribution in [0.3, 0.4) is 0 Å². The van der Waals surface area contributed by atoms with Crippen molar-refractivity contribution < 1.29 is 0 Å². The molecule has 0 aliphatic heterocycles. The van der Waals surface area contributed by atoms with Crippen LogP contribution in [-0.2, 0) is 12.8 Å². The molecule has 0 radical (unpaired) electrons. The summed E-state index contributed by atoms with van der Waals surface area (Å²) >= 11 is 0. The SMILES string of the molecule is C=C/C(=C\C=C(/C)NC(=C)Cc1cc(C)ccc1CCC(=C)C)C(=C)CCCCC. The highest BCUT2D eigenvalue weighted by molar-refractivity contribution is 5.40. The average Bonchev–Trinajstić information content (AvgIpc) is 2.67. The zero-order valence-electron chi connectivity index (χ0n) is 19.7. The van der Waals surface area contributed by atoms with Gasteiger partial charge in [-0.05, 0) is 74.8 Å². The van der Waals surface area contributed by atoms with Crippen LogP contribution in [0, 0.1) is 6.92 Å². The van der Waals surface area contributed by atoms with Crippen LogP contribution in [0.5, 0.6) is 0 Å². The molecule has 0 fully saturated rings. The van der Waals surface area contributed by atoms with Gasteiger partial charge >= 0.3 is 0 Å². The van der Waals surface area contributed by atoms with Crippen molar-refractivity contribution in [1.82, 2.24) is 5.32 Å². The lowest BCUT2D eigenvalue weighted by Gasteiger charge is -2.14. The molecule has 162 valence electrons. The van der Waals surface area contributed by atoms with Crippen LogP contribution in [0.2, 0.25) is 0 Å². The smallest absolute Gasteiger partial charge is 0.0123 e. The molecule has 0 amide bonds. The Labute approximate surface area is 185 Å². The molecule has 0 saturated heterocycles. The number of hydrogen-bond donors (Lipinski definition) is 1. The molecule has 0 bridgehead atoms. The van der Waals surface area contributed by atoms with Crippen LogP contribution in [0.4, 0.5) is 0 Å². The van der Waals surface area contributed by atoms with E-state index in [-0.39, 0.29) is 0 Å². The summed E-state index contributed by atoms with van der Waals surface area (Å²) in [4.78, 5) is 0. The number of aryl methyl sites for hydroxylation is 2. The first kappa shape index (κ1) is 25.5. The first-order valence-electron chi connectivity index (χ1n) is 11.1. The Balaban J connectivity index is 2.78. The lowest BCUT2D eigenvalue weighted by molar-refractivity contribution is 0.718. The van der Waals surface area contributed by atoms with Gasteiger partial charge in [0.1, 0.15) is 0 Å². The zero-order valence-corrected chi connectivity index (χ0v) is 19.7. The Hall–Kier alpha value is -2.54. The number of nitrogens with one attached hydrogen (secondary N) is 1. The summed E-state index contributed by atoms with van der Waals surface area (Å²) in [7, 11) is 0. The molecule has 1 aromatic rings. The molecule has 0 aliphatic rings. The second kappa shape index (κ2) is 13.6. The molecular formula is C29H41N. The fourth-order valence-corrected chi connectivity index (χ4v) is 3.38. The van der Waals surface area contributed by atoms with E-state index in [1.807, 2.05) is 6.08 Å². The molecule has 1 rings (SSSR count). The zero-order chi connectivity index (χ0) is 22.5. The summed E-state index contributed by atoms with van der Waals surface area (Å²) in [5.41, 5.74) is 9.56. The molecule has 0 heterocycles. The third-order valence-corrected chi connectivity index (χ3v) is 5.18. The minimum Gasteiger partial charge on any atom is -0.363 e. The average molecular weight is 404 g/mol. The standard InChI is InChI=1S/C29H41N/c1-9-11-12-13-24(6)27(10-2)19-16-25(7)30-26(8)21-29-20-23(5)15-18-28(29)17-14-22(3)4/h10,15-16,18-20,30H,2-3,6,8-9,11-14,17,21H2,1,4-5,7H3/b25-16+,27-19+. The summed E-state index contributed by atoms with van der Waals surface area (Å²) in [6.45, 7) is 25.0. The lowest BCUT2D eigenvalue weighted by atomic mass is 9.96. The Morgan fingerprint density at radius 1 is 1.00 bits per heavy atom. The van der Waals surface area contributed by atoms with E-state index in [1.54, 1.807) is 0 Å². The topological polar surface area (TPSA) is 12.0 Å². The van der Waals surface area contributed by atoms with Gasteiger partial charge in [0, 0.05) is 17.8 Å². The molecule has 0 atom stereocenters. The molecule has 0 aliphatic carbocycles. The molecule has 1 aromatic carbocycles. The predicted octanol–water partition coefficient (Wildman–Crippen LogP) is 8.30. The van der Waals surface area contributed by atoms with Crippen LogP contribution < -0.4 is 5.32 Å². The Morgan fingerprint density at radius 3 is 2.37 bits per heavy atom. The third kappa shape index (κ3) is 9.78. The monoisotopic (exact) mass is 403 g/mol. The minimum absolute atomic E-state index is 0.820. The van der Waals surface area contributed by atoms with Gasteiger partial charge in [-0.1, -0.05) is 81.0 Å². The Kier molecular flexibility index (Phi) is 11.6. The lowest BCUT2D eigenvalue weighted by Crippen LogP contribution is -2.12. The fourth-order valence-electron chi connectivity index (χ4n) is 3.38. The van der Waals surface area contributed by atoms with Crippen molar-refractivity contribution in [3.05, 3.63) is 108 Å². The number of unbranched alkanes of at least 4 members (excludes halogenated alkanes) is 2. The highest BCUT2D eigenvalue weighted by Crippen LogP contribution is 2.19. The van der Waals surface area contributed by atoms with Crippen molar-refractivity contribution in [3.8, 4) is 0 Å². The van der Waals surface area contributed by atoms with E-state index in [2.05, 4.69) is 89.7 Å². The van der Waals surface area contributed by atoms with Gasteiger partial charge in [-0.3, -0.25) is 0 Å². The van der Waals surface area contributed by atoms with Crippen LogP contribution in [0.15, 0.2) is 90.9 Å². The van der Waals surface area contributed by atoms with Crippen LogP contribution in [0.1, 0.15) is 69.6 Å². The summed E-state index contributed by atoms with van der Waals surface area (Å²) < 4.78 is 0. The van der Waals surface area contributed by atoms with Crippen molar-refractivity contribution in [2.75, 3.05) is 0 Å².